The Hall–Kier alpha value is -1.13. The van der Waals surface area contributed by atoms with Gasteiger partial charge < -0.3 is 5.32 Å². The first-order valence-corrected chi connectivity index (χ1v) is 7.12. The van der Waals surface area contributed by atoms with E-state index in [1.807, 2.05) is 16.9 Å². The number of aromatic nitrogens is 2. The van der Waals surface area contributed by atoms with Crippen LogP contribution in [0.1, 0.15) is 12.8 Å². The Labute approximate surface area is 115 Å². The van der Waals surface area contributed by atoms with E-state index in [2.05, 4.69) is 50.7 Å². The third-order valence-electron chi connectivity index (χ3n) is 3.36. The van der Waals surface area contributed by atoms with Gasteiger partial charge in [0.1, 0.15) is 0 Å². The van der Waals surface area contributed by atoms with E-state index in [1.165, 1.54) is 24.0 Å². The average Bonchev–Trinajstić information content (AvgIpc) is 3.01. The first-order valence-electron chi connectivity index (χ1n) is 6.33. The summed E-state index contributed by atoms with van der Waals surface area (Å²) in [4.78, 5) is 0. The Kier molecular flexibility index (Phi) is 3.48. The lowest BCUT2D eigenvalue weighted by Crippen LogP contribution is -2.26. The minimum absolute atomic E-state index is 0.584. The van der Waals surface area contributed by atoms with Crippen LogP contribution in [0.3, 0.4) is 0 Å². The molecule has 1 saturated heterocycles. The molecule has 4 heteroatoms. The van der Waals surface area contributed by atoms with Crippen molar-refractivity contribution in [1.82, 2.24) is 15.1 Å². The van der Waals surface area contributed by atoms with Gasteiger partial charge in [0, 0.05) is 22.3 Å². The van der Waals surface area contributed by atoms with E-state index in [9.17, 15) is 0 Å². The molecule has 0 spiro atoms. The Morgan fingerprint density at radius 3 is 3.11 bits per heavy atom. The molecule has 18 heavy (non-hydrogen) atoms. The fourth-order valence-corrected chi connectivity index (χ4v) is 2.82. The molecule has 0 saturated carbocycles. The molecule has 0 amide bonds. The second kappa shape index (κ2) is 5.24. The maximum absolute atomic E-state index is 4.45. The lowest BCUT2D eigenvalue weighted by atomic mass is 10.1. The molecule has 1 unspecified atom stereocenters. The van der Waals surface area contributed by atoms with Crippen LogP contribution in [-0.2, 0) is 6.54 Å². The molecule has 0 bridgehead atoms. The van der Waals surface area contributed by atoms with Crippen LogP contribution in [0.25, 0.3) is 11.1 Å². The zero-order chi connectivity index (χ0) is 12.4. The van der Waals surface area contributed by atoms with Gasteiger partial charge in [-0.2, -0.15) is 5.10 Å². The molecule has 0 radical (unpaired) electrons. The van der Waals surface area contributed by atoms with Gasteiger partial charge in [-0.05, 0) is 37.1 Å². The second-order valence-electron chi connectivity index (χ2n) is 4.75. The zero-order valence-corrected chi connectivity index (χ0v) is 11.7. The molecule has 2 aromatic rings. The van der Waals surface area contributed by atoms with Crippen molar-refractivity contribution in [3.05, 3.63) is 41.1 Å². The summed E-state index contributed by atoms with van der Waals surface area (Å²) in [5, 5.41) is 7.94. The van der Waals surface area contributed by atoms with Crippen molar-refractivity contribution in [2.45, 2.75) is 25.4 Å². The highest BCUT2D eigenvalue weighted by molar-refractivity contribution is 9.10. The quantitative estimate of drug-likeness (QED) is 0.944. The number of nitrogens with one attached hydrogen (secondary N) is 1. The Balaban J connectivity index is 1.76. The van der Waals surface area contributed by atoms with E-state index in [4.69, 9.17) is 0 Å². The normalized spacial score (nSPS) is 19.3. The standard InChI is InChI=1S/C14H16BrN3/c15-13-4-1-3-11(7-13)12-8-17-18(9-12)10-14-5-2-6-16-14/h1,3-4,7-9,14,16H,2,5-6,10H2. The predicted octanol–water partition coefficient (Wildman–Crippen LogP) is 3.06. The van der Waals surface area contributed by atoms with Gasteiger partial charge >= 0.3 is 0 Å². The number of hydrogen-bond acceptors (Lipinski definition) is 2. The topological polar surface area (TPSA) is 29.9 Å². The highest BCUT2D eigenvalue weighted by atomic mass is 79.9. The Bertz CT molecular complexity index is 529. The molecular weight excluding hydrogens is 290 g/mol. The second-order valence-corrected chi connectivity index (χ2v) is 5.67. The van der Waals surface area contributed by atoms with E-state index in [-0.39, 0.29) is 0 Å². The molecule has 3 nitrogen and oxygen atoms in total. The fraction of sp³-hybridized carbons (Fsp3) is 0.357. The first kappa shape index (κ1) is 11.9. The molecule has 94 valence electrons. The largest absolute Gasteiger partial charge is 0.312 e. The van der Waals surface area contributed by atoms with Crippen LogP contribution < -0.4 is 5.32 Å². The third kappa shape index (κ3) is 2.65. The lowest BCUT2D eigenvalue weighted by molar-refractivity contribution is 0.476. The van der Waals surface area contributed by atoms with Crippen molar-refractivity contribution in [2.24, 2.45) is 0 Å². The van der Waals surface area contributed by atoms with Gasteiger partial charge in [-0.15, -0.1) is 0 Å². The summed E-state index contributed by atoms with van der Waals surface area (Å²) in [6.07, 6.45) is 6.61. The monoisotopic (exact) mass is 305 g/mol. The summed E-state index contributed by atoms with van der Waals surface area (Å²) in [7, 11) is 0. The van der Waals surface area contributed by atoms with Crippen molar-refractivity contribution in [1.29, 1.82) is 0 Å². The molecule has 2 heterocycles. The first-order chi connectivity index (χ1) is 8.81. The van der Waals surface area contributed by atoms with Gasteiger partial charge in [-0.3, -0.25) is 4.68 Å². The average molecular weight is 306 g/mol. The molecule has 1 aliphatic heterocycles. The van der Waals surface area contributed by atoms with E-state index in [0.717, 1.165) is 17.6 Å². The maximum atomic E-state index is 4.45. The van der Waals surface area contributed by atoms with Gasteiger partial charge in [0.05, 0.1) is 12.7 Å². The minimum Gasteiger partial charge on any atom is -0.312 e. The van der Waals surface area contributed by atoms with Gasteiger partial charge in [-0.25, -0.2) is 0 Å². The van der Waals surface area contributed by atoms with Gasteiger partial charge in [0.25, 0.3) is 0 Å². The molecule has 3 rings (SSSR count). The molecule has 1 fully saturated rings. The molecule has 0 aliphatic carbocycles. The highest BCUT2D eigenvalue weighted by Gasteiger charge is 2.14. The number of benzene rings is 1. The van der Waals surface area contributed by atoms with Crippen LogP contribution in [0.4, 0.5) is 0 Å². The molecule has 1 atom stereocenters. The summed E-state index contributed by atoms with van der Waals surface area (Å²) in [5.41, 5.74) is 2.38. The van der Waals surface area contributed by atoms with Crippen LogP contribution in [0.2, 0.25) is 0 Å². The van der Waals surface area contributed by atoms with Crippen molar-refractivity contribution >= 4 is 15.9 Å². The van der Waals surface area contributed by atoms with Crippen molar-refractivity contribution < 1.29 is 0 Å². The van der Waals surface area contributed by atoms with Gasteiger partial charge in [0.15, 0.2) is 0 Å². The highest BCUT2D eigenvalue weighted by Crippen LogP contribution is 2.22. The van der Waals surface area contributed by atoms with Crippen LogP contribution >= 0.6 is 15.9 Å². The Morgan fingerprint density at radius 2 is 2.33 bits per heavy atom. The predicted molar refractivity (Wildman–Crippen MR) is 76.4 cm³/mol. The number of rotatable bonds is 3. The summed E-state index contributed by atoms with van der Waals surface area (Å²) in [6.45, 7) is 2.11. The van der Waals surface area contributed by atoms with Crippen LogP contribution in [-0.4, -0.2) is 22.4 Å². The van der Waals surface area contributed by atoms with Crippen LogP contribution in [0, 0.1) is 0 Å². The fourth-order valence-electron chi connectivity index (χ4n) is 2.42. The molecule has 1 aromatic carbocycles. The summed E-state index contributed by atoms with van der Waals surface area (Å²) < 4.78 is 3.14. The van der Waals surface area contributed by atoms with Crippen molar-refractivity contribution in [3.8, 4) is 11.1 Å². The maximum Gasteiger partial charge on any atom is 0.0568 e. The number of hydrogen-bond donors (Lipinski definition) is 1. The lowest BCUT2D eigenvalue weighted by Gasteiger charge is -2.09. The summed E-state index contributed by atoms with van der Waals surface area (Å²) in [6, 6.07) is 8.90. The van der Waals surface area contributed by atoms with E-state index in [1.54, 1.807) is 0 Å². The van der Waals surface area contributed by atoms with Crippen molar-refractivity contribution in [2.75, 3.05) is 6.54 Å². The molecular formula is C14H16BrN3. The van der Waals surface area contributed by atoms with E-state index in [0.29, 0.717) is 6.04 Å². The number of halogens is 1. The Morgan fingerprint density at radius 1 is 1.39 bits per heavy atom. The minimum atomic E-state index is 0.584. The molecule has 1 N–H and O–H groups in total. The molecule has 1 aromatic heterocycles. The van der Waals surface area contributed by atoms with Crippen molar-refractivity contribution in [3.63, 3.8) is 0 Å². The smallest absolute Gasteiger partial charge is 0.0568 e. The SMILES string of the molecule is Brc1cccc(-c2cnn(CC3CCCN3)c2)c1. The zero-order valence-electron chi connectivity index (χ0n) is 10.1. The van der Waals surface area contributed by atoms with Crippen LogP contribution in [0.15, 0.2) is 41.1 Å². The number of nitrogens with zero attached hydrogens (tertiary/aromatic N) is 2. The summed E-state index contributed by atoms with van der Waals surface area (Å²) in [5.74, 6) is 0. The third-order valence-corrected chi connectivity index (χ3v) is 3.85. The van der Waals surface area contributed by atoms with E-state index >= 15 is 0 Å². The van der Waals surface area contributed by atoms with Gasteiger partial charge in [-0.1, -0.05) is 28.1 Å². The van der Waals surface area contributed by atoms with Gasteiger partial charge in [0.2, 0.25) is 0 Å². The summed E-state index contributed by atoms with van der Waals surface area (Å²) >= 11 is 3.50. The molecule has 1 aliphatic rings. The van der Waals surface area contributed by atoms with E-state index < -0.39 is 0 Å². The van der Waals surface area contributed by atoms with Crippen LogP contribution in [0.5, 0.6) is 0 Å².